The molecular formula is C13H15NO3. The summed E-state index contributed by atoms with van der Waals surface area (Å²) in [6.45, 7) is 2.20. The van der Waals surface area contributed by atoms with Gasteiger partial charge in [-0.1, -0.05) is 18.2 Å². The third kappa shape index (κ3) is 2.47. The van der Waals surface area contributed by atoms with Crippen molar-refractivity contribution in [2.24, 2.45) is 0 Å². The first kappa shape index (κ1) is 11.7. The van der Waals surface area contributed by atoms with Gasteiger partial charge in [0.25, 0.3) is 0 Å². The van der Waals surface area contributed by atoms with E-state index in [1.54, 1.807) is 6.92 Å². The Morgan fingerprint density at radius 2 is 2.24 bits per heavy atom. The Kier molecular flexibility index (Phi) is 3.44. The fourth-order valence-electron chi connectivity index (χ4n) is 1.92. The summed E-state index contributed by atoms with van der Waals surface area (Å²) in [6, 6.07) is 7.83. The Bertz CT molecular complexity index is 518. The highest BCUT2D eigenvalue weighted by Crippen LogP contribution is 2.19. The third-order valence-electron chi connectivity index (χ3n) is 2.72. The van der Waals surface area contributed by atoms with Gasteiger partial charge in [-0.05, 0) is 18.6 Å². The number of para-hydroxylation sites is 1. The highest BCUT2D eigenvalue weighted by atomic mass is 16.5. The first-order valence-electron chi connectivity index (χ1n) is 5.61. The summed E-state index contributed by atoms with van der Waals surface area (Å²) in [5.74, 6) is -0.919. The number of ether oxygens (including phenoxy) is 1. The molecule has 0 aliphatic heterocycles. The minimum atomic E-state index is -0.919. The molecule has 17 heavy (non-hydrogen) atoms. The predicted molar refractivity (Wildman–Crippen MR) is 65.1 cm³/mol. The molecule has 0 unspecified atom stereocenters. The highest BCUT2D eigenvalue weighted by Gasteiger charge is 2.19. The lowest BCUT2D eigenvalue weighted by molar-refractivity contribution is -0.149. The first-order chi connectivity index (χ1) is 8.22. The van der Waals surface area contributed by atoms with Gasteiger partial charge in [0, 0.05) is 30.1 Å². The molecule has 1 aromatic carbocycles. The molecule has 0 radical (unpaired) electrons. The molecule has 1 atom stereocenters. The maximum Gasteiger partial charge on any atom is 0.333 e. The van der Waals surface area contributed by atoms with E-state index in [4.69, 9.17) is 9.84 Å². The Morgan fingerprint density at radius 1 is 1.47 bits per heavy atom. The summed E-state index contributed by atoms with van der Waals surface area (Å²) >= 11 is 0. The van der Waals surface area contributed by atoms with Crippen LogP contribution in [0.5, 0.6) is 0 Å². The van der Waals surface area contributed by atoms with Crippen molar-refractivity contribution in [3.8, 4) is 0 Å². The van der Waals surface area contributed by atoms with Crippen molar-refractivity contribution in [1.29, 1.82) is 0 Å². The standard InChI is InChI=1S/C13H15NO3/c1-2-17-12(13(15)16)7-9-8-14-11-6-4-3-5-10(9)11/h3-6,8,12,14H,2,7H2,1H3,(H,15,16)/t12-/m0/s1. The lowest BCUT2D eigenvalue weighted by atomic mass is 10.1. The SMILES string of the molecule is CCO[C@@H](Cc1c[nH]c2ccccc12)C(=O)O. The highest BCUT2D eigenvalue weighted by molar-refractivity contribution is 5.84. The van der Waals surface area contributed by atoms with Crippen LogP contribution in [0.25, 0.3) is 10.9 Å². The van der Waals surface area contributed by atoms with Crippen LogP contribution >= 0.6 is 0 Å². The molecule has 0 aliphatic rings. The summed E-state index contributed by atoms with van der Waals surface area (Å²) in [4.78, 5) is 14.1. The summed E-state index contributed by atoms with van der Waals surface area (Å²) in [5.41, 5.74) is 1.99. The second kappa shape index (κ2) is 5.01. The van der Waals surface area contributed by atoms with Crippen LogP contribution in [0.3, 0.4) is 0 Å². The normalized spacial score (nSPS) is 12.8. The summed E-state index contributed by atoms with van der Waals surface area (Å²) < 4.78 is 5.21. The van der Waals surface area contributed by atoms with E-state index in [0.717, 1.165) is 16.5 Å². The van der Waals surface area contributed by atoms with Gasteiger partial charge >= 0.3 is 5.97 Å². The summed E-state index contributed by atoms with van der Waals surface area (Å²) in [6.07, 6.45) is 1.45. The second-order valence-electron chi connectivity index (χ2n) is 3.85. The van der Waals surface area contributed by atoms with E-state index in [0.29, 0.717) is 13.0 Å². The molecule has 1 aromatic heterocycles. The fraction of sp³-hybridized carbons (Fsp3) is 0.308. The lowest BCUT2D eigenvalue weighted by Crippen LogP contribution is -2.26. The molecule has 0 saturated heterocycles. The van der Waals surface area contributed by atoms with E-state index in [1.807, 2.05) is 30.5 Å². The van der Waals surface area contributed by atoms with Crippen molar-refractivity contribution in [2.75, 3.05) is 6.61 Å². The minimum Gasteiger partial charge on any atom is -0.479 e. The quantitative estimate of drug-likeness (QED) is 0.832. The Balaban J connectivity index is 2.25. The third-order valence-corrected chi connectivity index (χ3v) is 2.72. The van der Waals surface area contributed by atoms with Crippen molar-refractivity contribution in [3.05, 3.63) is 36.0 Å². The van der Waals surface area contributed by atoms with Gasteiger partial charge in [-0.2, -0.15) is 0 Å². The smallest absolute Gasteiger partial charge is 0.333 e. The van der Waals surface area contributed by atoms with E-state index >= 15 is 0 Å². The number of H-pyrrole nitrogens is 1. The summed E-state index contributed by atoms with van der Waals surface area (Å²) in [5, 5.41) is 10.1. The Morgan fingerprint density at radius 3 is 2.94 bits per heavy atom. The Hall–Kier alpha value is -1.81. The van der Waals surface area contributed by atoms with Crippen LogP contribution in [0.15, 0.2) is 30.5 Å². The second-order valence-corrected chi connectivity index (χ2v) is 3.85. The molecular weight excluding hydrogens is 218 g/mol. The maximum atomic E-state index is 11.0. The van der Waals surface area contributed by atoms with Crippen LogP contribution in [-0.4, -0.2) is 28.8 Å². The maximum absolute atomic E-state index is 11.0. The van der Waals surface area contributed by atoms with Gasteiger partial charge < -0.3 is 14.8 Å². The number of benzene rings is 1. The van der Waals surface area contributed by atoms with Crippen LogP contribution < -0.4 is 0 Å². The molecule has 4 heteroatoms. The van der Waals surface area contributed by atoms with Crippen LogP contribution in [0.2, 0.25) is 0 Å². The Labute approximate surface area is 99.2 Å². The molecule has 2 aromatic rings. The van der Waals surface area contributed by atoms with E-state index < -0.39 is 12.1 Å². The van der Waals surface area contributed by atoms with Gasteiger partial charge in [0.1, 0.15) is 0 Å². The van der Waals surface area contributed by atoms with Crippen molar-refractivity contribution in [3.63, 3.8) is 0 Å². The zero-order valence-electron chi connectivity index (χ0n) is 9.64. The minimum absolute atomic E-state index is 0.382. The molecule has 0 amide bonds. The van der Waals surface area contributed by atoms with Crippen LogP contribution in [0.4, 0.5) is 0 Å². The van der Waals surface area contributed by atoms with Crippen LogP contribution in [-0.2, 0) is 16.0 Å². The van der Waals surface area contributed by atoms with Gasteiger partial charge in [-0.25, -0.2) is 4.79 Å². The van der Waals surface area contributed by atoms with Crippen molar-refractivity contribution < 1.29 is 14.6 Å². The molecule has 1 heterocycles. The number of carboxylic acids is 1. The molecule has 0 spiro atoms. The number of carboxylic acid groups (broad SMARTS) is 1. The number of aliphatic carboxylic acids is 1. The van der Waals surface area contributed by atoms with Gasteiger partial charge in [0.2, 0.25) is 0 Å². The molecule has 0 aliphatic carbocycles. The monoisotopic (exact) mass is 233 g/mol. The average Bonchev–Trinajstić information content (AvgIpc) is 2.72. The fourth-order valence-corrected chi connectivity index (χ4v) is 1.92. The van der Waals surface area contributed by atoms with E-state index in [-0.39, 0.29) is 0 Å². The number of carbonyl (C=O) groups is 1. The van der Waals surface area contributed by atoms with Gasteiger partial charge in [0.05, 0.1) is 0 Å². The van der Waals surface area contributed by atoms with Crippen molar-refractivity contribution in [1.82, 2.24) is 4.98 Å². The number of nitrogens with one attached hydrogen (secondary N) is 1. The van der Waals surface area contributed by atoms with Crippen molar-refractivity contribution >= 4 is 16.9 Å². The van der Waals surface area contributed by atoms with Gasteiger partial charge in [0.15, 0.2) is 6.10 Å². The molecule has 0 fully saturated rings. The molecule has 2 N–H and O–H groups in total. The number of hydrogen-bond donors (Lipinski definition) is 2. The number of hydrogen-bond acceptors (Lipinski definition) is 2. The number of rotatable bonds is 5. The zero-order valence-corrected chi connectivity index (χ0v) is 9.64. The molecule has 0 saturated carbocycles. The number of fused-ring (bicyclic) bond motifs is 1. The lowest BCUT2D eigenvalue weighted by Gasteiger charge is -2.11. The molecule has 90 valence electrons. The van der Waals surface area contributed by atoms with E-state index in [9.17, 15) is 4.79 Å². The predicted octanol–water partition coefficient (Wildman–Crippen LogP) is 2.20. The van der Waals surface area contributed by atoms with Crippen LogP contribution in [0, 0.1) is 0 Å². The van der Waals surface area contributed by atoms with Gasteiger partial charge in [-0.15, -0.1) is 0 Å². The van der Waals surface area contributed by atoms with E-state index in [1.165, 1.54) is 0 Å². The largest absolute Gasteiger partial charge is 0.479 e. The molecule has 2 rings (SSSR count). The van der Waals surface area contributed by atoms with Gasteiger partial charge in [-0.3, -0.25) is 0 Å². The molecule has 0 bridgehead atoms. The summed E-state index contributed by atoms with van der Waals surface area (Å²) in [7, 11) is 0. The van der Waals surface area contributed by atoms with Crippen molar-refractivity contribution in [2.45, 2.75) is 19.4 Å². The number of aromatic nitrogens is 1. The molecule has 4 nitrogen and oxygen atoms in total. The zero-order chi connectivity index (χ0) is 12.3. The van der Waals surface area contributed by atoms with Crippen LogP contribution in [0.1, 0.15) is 12.5 Å². The number of aromatic amines is 1. The average molecular weight is 233 g/mol. The first-order valence-corrected chi connectivity index (χ1v) is 5.61. The topological polar surface area (TPSA) is 62.3 Å². The van der Waals surface area contributed by atoms with E-state index in [2.05, 4.69) is 4.98 Å².